The molecule has 3 atom stereocenters. The number of hydrogen-bond donors (Lipinski definition) is 1. The molecule has 0 radical (unpaired) electrons. The molecule has 2 saturated heterocycles. The maximum absolute atomic E-state index is 13.0. The van der Waals surface area contributed by atoms with Gasteiger partial charge in [0.2, 0.25) is 5.91 Å². The minimum atomic E-state index is -0.245. The average Bonchev–Trinajstić information content (AvgIpc) is 3.24. The smallest absolute Gasteiger partial charge is 0.318 e. The van der Waals surface area contributed by atoms with Crippen LogP contribution in [0.25, 0.3) is 0 Å². The summed E-state index contributed by atoms with van der Waals surface area (Å²) in [5.41, 5.74) is 0. The lowest BCUT2D eigenvalue weighted by Crippen LogP contribution is -2.58. The zero-order valence-corrected chi connectivity index (χ0v) is 14.4. The Labute approximate surface area is 143 Å². The Kier molecular flexibility index (Phi) is 4.66. The van der Waals surface area contributed by atoms with Gasteiger partial charge < -0.3 is 19.9 Å². The van der Waals surface area contributed by atoms with Crippen LogP contribution in [0.3, 0.4) is 0 Å². The molecule has 24 heavy (non-hydrogen) atoms. The van der Waals surface area contributed by atoms with Crippen LogP contribution in [0.5, 0.6) is 0 Å². The molecular weight excluding hydrogens is 306 g/mol. The second kappa shape index (κ2) is 6.90. The lowest BCUT2D eigenvalue weighted by Gasteiger charge is -2.39. The van der Waals surface area contributed by atoms with E-state index in [-0.39, 0.29) is 24.0 Å². The van der Waals surface area contributed by atoms with E-state index in [1.807, 2.05) is 9.80 Å². The van der Waals surface area contributed by atoms with Crippen molar-refractivity contribution >= 4 is 11.9 Å². The van der Waals surface area contributed by atoms with Crippen molar-refractivity contribution in [1.29, 1.82) is 0 Å². The van der Waals surface area contributed by atoms with E-state index in [1.54, 1.807) is 0 Å². The summed E-state index contributed by atoms with van der Waals surface area (Å²) in [6.07, 6.45) is 8.97. The minimum absolute atomic E-state index is 0.000657. The van der Waals surface area contributed by atoms with Crippen molar-refractivity contribution in [2.75, 3.05) is 26.3 Å². The summed E-state index contributed by atoms with van der Waals surface area (Å²) in [6.45, 7) is 2.54. The highest BCUT2D eigenvalue weighted by molar-refractivity contribution is 5.88. The fourth-order valence-electron chi connectivity index (χ4n) is 5.06. The zero-order valence-electron chi connectivity index (χ0n) is 14.4. The molecule has 0 spiro atoms. The SMILES string of the molecule is O=C([C@H]1[C@H]2CC[C@@H](C2)N1C(=O)NC1CCCCC1)N1CCOCC1. The Balaban J connectivity index is 1.45. The first-order chi connectivity index (χ1) is 11.7. The van der Waals surface area contributed by atoms with E-state index in [4.69, 9.17) is 4.74 Å². The van der Waals surface area contributed by atoms with Gasteiger partial charge in [0.05, 0.1) is 13.2 Å². The Morgan fingerprint density at radius 2 is 1.71 bits per heavy atom. The second-order valence-electron chi connectivity index (χ2n) is 7.80. The van der Waals surface area contributed by atoms with E-state index in [2.05, 4.69) is 5.32 Å². The molecule has 2 saturated carbocycles. The van der Waals surface area contributed by atoms with Gasteiger partial charge in [-0.3, -0.25) is 4.79 Å². The molecule has 1 N–H and O–H groups in total. The number of amides is 3. The van der Waals surface area contributed by atoms with Gasteiger partial charge in [-0.15, -0.1) is 0 Å². The van der Waals surface area contributed by atoms with E-state index in [9.17, 15) is 9.59 Å². The van der Waals surface area contributed by atoms with Gasteiger partial charge in [0, 0.05) is 25.2 Å². The van der Waals surface area contributed by atoms with Gasteiger partial charge in [0.25, 0.3) is 0 Å². The van der Waals surface area contributed by atoms with Gasteiger partial charge in [-0.05, 0) is 38.0 Å². The van der Waals surface area contributed by atoms with Crippen LogP contribution in [0.2, 0.25) is 0 Å². The van der Waals surface area contributed by atoms with Crippen molar-refractivity contribution in [1.82, 2.24) is 15.1 Å². The number of morpholine rings is 1. The highest BCUT2D eigenvalue weighted by Crippen LogP contribution is 2.43. The fourth-order valence-corrected chi connectivity index (χ4v) is 5.06. The van der Waals surface area contributed by atoms with Crippen LogP contribution >= 0.6 is 0 Å². The highest BCUT2D eigenvalue weighted by atomic mass is 16.5. The number of hydrogen-bond acceptors (Lipinski definition) is 3. The van der Waals surface area contributed by atoms with Crippen LogP contribution in [0.15, 0.2) is 0 Å². The Morgan fingerprint density at radius 1 is 0.958 bits per heavy atom. The maximum Gasteiger partial charge on any atom is 0.318 e. The molecule has 0 unspecified atom stereocenters. The molecule has 2 heterocycles. The third-order valence-corrected chi connectivity index (χ3v) is 6.33. The van der Waals surface area contributed by atoms with Crippen LogP contribution in [0, 0.1) is 5.92 Å². The minimum Gasteiger partial charge on any atom is -0.378 e. The molecule has 3 amide bonds. The van der Waals surface area contributed by atoms with Crippen molar-refractivity contribution < 1.29 is 14.3 Å². The molecule has 6 nitrogen and oxygen atoms in total. The zero-order chi connectivity index (χ0) is 16.5. The van der Waals surface area contributed by atoms with Gasteiger partial charge in [0.1, 0.15) is 6.04 Å². The fraction of sp³-hybridized carbons (Fsp3) is 0.889. The van der Waals surface area contributed by atoms with Crippen molar-refractivity contribution in [3.63, 3.8) is 0 Å². The third kappa shape index (κ3) is 3.01. The first-order valence-corrected chi connectivity index (χ1v) is 9.69. The van der Waals surface area contributed by atoms with Gasteiger partial charge in [-0.1, -0.05) is 19.3 Å². The molecular formula is C18H29N3O3. The summed E-state index contributed by atoms with van der Waals surface area (Å²) < 4.78 is 5.36. The van der Waals surface area contributed by atoms with Gasteiger partial charge in [-0.25, -0.2) is 4.79 Å². The molecule has 2 aliphatic heterocycles. The van der Waals surface area contributed by atoms with Gasteiger partial charge in [0.15, 0.2) is 0 Å². The van der Waals surface area contributed by atoms with Crippen LogP contribution in [-0.4, -0.2) is 66.2 Å². The number of piperidine rings is 1. The van der Waals surface area contributed by atoms with Crippen molar-refractivity contribution in [2.45, 2.75) is 69.5 Å². The molecule has 0 aromatic heterocycles. The number of urea groups is 1. The number of ether oxygens (including phenoxy) is 1. The number of likely N-dealkylation sites (tertiary alicyclic amines) is 1. The summed E-state index contributed by atoms with van der Waals surface area (Å²) in [6, 6.07) is 0.309. The van der Waals surface area contributed by atoms with E-state index >= 15 is 0 Å². The number of carbonyl (C=O) groups excluding carboxylic acids is 2. The number of fused-ring (bicyclic) bond motifs is 2. The molecule has 4 aliphatic rings. The normalized spacial score (nSPS) is 33.8. The van der Waals surface area contributed by atoms with E-state index in [0.717, 1.165) is 32.1 Å². The summed E-state index contributed by atoms with van der Waals surface area (Å²) in [4.78, 5) is 29.8. The van der Waals surface area contributed by atoms with Crippen LogP contribution < -0.4 is 5.32 Å². The number of nitrogens with one attached hydrogen (secondary N) is 1. The van der Waals surface area contributed by atoms with Gasteiger partial charge in [-0.2, -0.15) is 0 Å². The highest BCUT2D eigenvalue weighted by Gasteiger charge is 2.52. The first kappa shape index (κ1) is 16.2. The lowest BCUT2D eigenvalue weighted by molar-refractivity contribution is -0.141. The van der Waals surface area contributed by atoms with E-state index < -0.39 is 0 Å². The quantitative estimate of drug-likeness (QED) is 0.836. The molecule has 0 aromatic carbocycles. The molecule has 4 rings (SSSR count). The standard InChI is InChI=1S/C18H29N3O3/c22-17(20-8-10-24-11-9-20)16-13-6-7-15(12-13)21(16)18(23)19-14-4-2-1-3-5-14/h13-16H,1-12H2,(H,19,23)/t13-,15-,16+/m0/s1. The van der Waals surface area contributed by atoms with Crippen molar-refractivity contribution in [2.24, 2.45) is 5.92 Å². The maximum atomic E-state index is 13.0. The molecule has 134 valence electrons. The molecule has 4 fully saturated rings. The largest absolute Gasteiger partial charge is 0.378 e. The summed E-state index contributed by atoms with van der Waals surface area (Å²) in [5.74, 6) is 0.492. The molecule has 0 aromatic rings. The number of nitrogens with zero attached hydrogens (tertiary/aromatic N) is 2. The Morgan fingerprint density at radius 3 is 2.46 bits per heavy atom. The van der Waals surface area contributed by atoms with Crippen molar-refractivity contribution in [3.8, 4) is 0 Å². The van der Waals surface area contributed by atoms with Crippen LogP contribution in [0.4, 0.5) is 4.79 Å². The average molecular weight is 335 g/mol. The molecule has 6 heteroatoms. The van der Waals surface area contributed by atoms with Crippen LogP contribution in [0.1, 0.15) is 51.4 Å². The van der Waals surface area contributed by atoms with Crippen LogP contribution in [-0.2, 0) is 9.53 Å². The third-order valence-electron chi connectivity index (χ3n) is 6.33. The predicted octanol–water partition coefficient (Wildman–Crippen LogP) is 1.74. The molecule has 2 bridgehead atoms. The number of carbonyl (C=O) groups is 2. The van der Waals surface area contributed by atoms with E-state index in [0.29, 0.717) is 38.3 Å². The Bertz CT molecular complexity index is 486. The van der Waals surface area contributed by atoms with Gasteiger partial charge >= 0.3 is 6.03 Å². The molecule has 2 aliphatic carbocycles. The number of rotatable bonds is 2. The Hall–Kier alpha value is -1.30. The summed E-state index contributed by atoms with van der Waals surface area (Å²) in [5, 5.41) is 3.22. The predicted molar refractivity (Wildman–Crippen MR) is 89.6 cm³/mol. The topological polar surface area (TPSA) is 61.9 Å². The first-order valence-electron chi connectivity index (χ1n) is 9.69. The second-order valence-corrected chi connectivity index (χ2v) is 7.80. The van der Waals surface area contributed by atoms with Crippen molar-refractivity contribution in [3.05, 3.63) is 0 Å². The summed E-state index contributed by atoms with van der Waals surface area (Å²) >= 11 is 0. The summed E-state index contributed by atoms with van der Waals surface area (Å²) in [7, 11) is 0. The monoisotopic (exact) mass is 335 g/mol. The lowest BCUT2D eigenvalue weighted by atomic mass is 9.95. The van der Waals surface area contributed by atoms with E-state index in [1.165, 1.54) is 19.3 Å².